The molecule has 0 aliphatic rings. The average molecular weight is 1120 g/mol. The summed E-state index contributed by atoms with van der Waals surface area (Å²) in [6.45, 7) is 6.36. The molecule has 1 unspecified atom stereocenters. The standard InChI is InChI=1S/C75H122O6/c1-4-7-10-13-16-19-22-25-28-30-32-34-35-36-37-38-39-41-42-44-47-50-53-56-59-62-65-68-74(77)80-71-72(70-79-73(76)67-64-61-58-55-52-49-46-27-24-21-18-15-12-9-6-3)81-75(78)69-66-63-60-57-54-51-48-45-43-40-33-31-29-26-23-20-17-14-11-8-5-2/h8-9,11-12,17-18,20-22,25-27,29-30,32-33,35-36,40,45-46,48,52,55,72H,4-7,10,13-16,19,23-24,28,31,34,37-39,41-44,47,49-51,53-54,56-71H2,1-3H3/b11-8-,12-9-,20-17-,21-18-,25-22-,29-26-,32-30-,36-35-,40-33-,46-27-,48-45-,55-52-. The molecule has 0 amide bonds. The van der Waals surface area contributed by atoms with E-state index in [9.17, 15) is 14.4 Å². The van der Waals surface area contributed by atoms with Gasteiger partial charge in [0.05, 0.1) is 0 Å². The minimum absolute atomic E-state index is 0.105. The Bertz CT molecular complexity index is 1760. The Kier molecular flexibility index (Phi) is 63.9. The Morgan fingerprint density at radius 1 is 0.259 bits per heavy atom. The molecule has 0 fully saturated rings. The molecule has 0 aliphatic carbocycles. The smallest absolute Gasteiger partial charge is 0.306 e. The molecule has 0 saturated carbocycles. The molecule has 0 rings (SSSR count). The van der Waals surface area contributed by atoms with Gasteiger partial charge in [-0.1, -0.05) is 276 Å². The van der Waals surface area contributed by atoms with Crippen molar-refractivity contribution < 1.29 is 28.6 Å². The van der Waals surface area contributed by atoms with Gasteiger partial charge in [-0.05, 0) is 141 Å². The van der Waals surface area contributed by atoms with E-state index in [0.29, 0.717) is 25.7 Å². The van der Waals surface area contributed by atoms with E-state index >= 15 is 0 Å². The lowest BCUT2D eigenvalue weighted by Gasteiger charge is -2.18. The van der Waals surface area contributed by atoms with Crippen molar-refractivity contribution in [3.05, 3.63) is 146 Å². The van der Waals surface area contributed by atoms with E-state index in [4.69, 9.17) is 14.2 Å². The molecule has 0 N–H and O–H groups in total. The predicted molar refractivity (Wildman–Crippen MR) is 352 cm³/mol. The molecular formula is C75H122O6. The fourth-order valence-electron chi connectivity index (χ4n) is 8.88. The number of ether oxygens (including phenoxy) is 3. The average Bonchev–Trinajstić information content (AvgIpc) is 3.47. The molecule has 6 nitrogen and oxygen atoms in total. The second kappa shape index (κ2) is 67.8. The molecule has 81 heavy (non-hydrogen) atoms. The van der Waals surface area contributed by atoms with E-state index in [-0.39, 0.29) is 31.1 Å². The molecular weight excluding hydrogens is 997 g/mol. The highest BCUT2D eigenvalue weighted by molar-refractivity contribution is 5.71. The van der Waals surface area contributed by atoms with Crippen molar-refractivity contribution in [2.24, 2.45) is 0 Å². The van der Waals surface area contributed by atoms with Gasteiger partial charge >= 0.3 is 17.9 Å². The van der Waals surface area contributed by atoms with E-state index in [0.717, 1.165) is 141 Å². The predicted octanol–water partition coefficient (Wildman–Crippen LogP) is 23.1. The van der Waals surface area contributed by atoms with Crippen LogP contribution in [0.25, 0.3) is 0 Å². The number of unbranched alkanes of at least 4 members (excludes halogenated alkanes) is 24. The van der Waals surface area contributed by atoms with E-state index in [1.807, 2.05) is 0 Å². The first kappa shape index (κ1) is 76.3. The third kappa shape index (κ3) is 66.0. The highest BCUT2D eigenvalue weighted by Gasteiger charge is 2.19. The van der Waals surface area contributed by atoms with Gasteiger partial charge in [-0.2, -0.15) is 0 Å². The fourth-order valence-corrected chi connectivity index (χ4v) is 8.88. The minimum Gasteiger partial charge on any atom is -0.462 e. The first-order valence-corrected chi connectivity index (χ1v) is 33.3. The summed E-state index contributed by atoms with van der Waals surface area (Å²) in [6, 6.07) is 0. The number of carbonyl (C=O) groups is 3. The Morgan fingerprint density at radius 3 is 0.778 bits per heavy atom. The lowest BCUT2D eigenvalue weighted by molar-refractivity contribution is -0.167. The van der Waals surface area contributed by atoms with Gasteiger partial charge < -0.3 is 14.2 Å². The van der Waals surface area contributed by atoms with Crippen LogP contribution in [-0.2, 0) is 28.6 Å². The van der Waals surface area contributed by atoms with Crippen molar-refractivity contribution in [2.75, 3.05) is 13.2 Å². The molecule has 0 bridgehead atoms. The topological polar surface area (TPSA) is 78.9 Å². The summed E-state index contributed by atoms with van der Waals surface area (Å²) in [5, 5.41) is 0. The van der Waals surface area contributed by atoms with Crippen LogP contribution in [0.15, 0.2) is 146 Å². The maximum atomic E-state index is 12.9. The SMILES string of the molecule is CC/C=C\C/C=C\C/C=C\C/C=C\C/C=C\CCCCCCCC(=O)OC(COC(=O)CCCC/C=C\C/C=C\C/C=C\C/C=C\CC)COC(=O)CCCCCCCCCCCCCC/C=C\C/C=C\C/C=C\CCCCCCC. The van der Waals surface area contributed by atoms with Crippen LogP contribution in [-0.4, -0.2) is 37.2 Å². The first-order valence-electron chi connectivity index (χ1n) is 33.3. The zero-order valence-electron chi connectivity index (χ0n) is 52.5. The Morgan fingerprint density at radius 2 is 0.481 bits per heavy atom. The third-order valence-electron chi connectivity index (χ3n) is 13.8. The van der Waals surface area contributed by atoms with Crippen LogP contribution in [0.4, 0.5) is 0 Å². The molecule has 0 saturated heterocycles. The van der Waals surface area contributed by atoms with Gasteiger partial charge in [0.1, 0.15) is 13.2 Å². The van der Waals surface area contributed by atoms with Crippen LogP contribution < -0.4 is 0 Å². The van der Waals surface area contributed by atoms with Crippen molar-refractivity contribution in [1.82, 2.24) is 0 Å². The number of esters is 3. The molecule has 1 atom stereocenters. The summed E-state index contributed by atoms with van der Waals surface area (Å²) < 4.78 is 16.9. The molecule has 6 heteroatoms. The zero-order chi connectivity index (χ0) is 58.5. The summed E-state index contributed by atoms with van der Waals surface area (Å²) >= 11 is 0. The number of rotatable bonds is 59. The molecule has 0 heterocycles. The Hall–Kier alpha value is -4.71. The van der Waals surface area contributed by atoms with Crippen LogP contribution >= 0.6 is 0 Å². The van der Waals surface area contributed by atoms with Gasteiger partial charge in [0.25, 0.3) is 0 Å². The number of allylic oxidation sites excluding steroid dienone is 24. The van der Waals surface area contributed by atoms with Gasteiger partial charge in [0, 0.05) is 19.3 Å². The molecule has 0 aromatic heterocycles. The number of carbonyl (C=O) groups excluding carboxylic acids is 3. The molecule has 0 aliphatic heterocycles. The van der Waals surface area contributed by atoms with Crippen molar-refractivity contribution >= 4 is 17.9 Å². The van der Waals surface area contributed by atoms with Gasteiger partial charge in [-0.3, -0.25) is 14.4 Å². The zero-order valence-corrected chi connectivity index (χ0v) is 52.5. The molecule has 458 valence electrons. The minimum atomic E-state index is -0.814. The molecule has 0 aromatic rings. The van der Waals surface area contributed by atoms with Gasteiger partial charge in [0.15, 0.2) is 6.10 Å². The van der Waals surface area contributed by atoms with Crippen LogP contribution in [0.5, 0.6) is 0 Å². The van der Waals surface area contributed by atoms with Gasteiger partial charge in [-0.25, -0.2) is 0 Å². The largest absolute Gasteiger partial charge is 0.462 e. The Labute approximate surface area is 499 Å². The molecule has 0 spiro atoms. The molecule has 0 radical (unpaired) electrons. The van der Waals surface area contributed by atoms with Crippen LogP contribution in [0, 0.1) is 0 Å². The Balaban J connectivity index is 4.42. The van der Waals surface area contributed by atoms with Crippen molar-refractivity contribution in [2.45, 2.75) is 297 Å². The van der Waals surface area contributed by atoms with Crippen LogP contribution in [0.2, 0.25) is 0 Å². The van der Waals surface area contributed by atoms with Crippen molar-refractivity contribution in [3.8, 4) is 0 Å². The third-order valence-corrected chi connectivity index (χ3v) is 13.8. The lowest BCUT2D eigenvalue weighted by Crippen LogP contribution is -2.30. The highest BCUT2D eigenvalue weighted by atomic mass is 16.6. The van der Waals surface area contributed by atoms with E-state index in [2.05, 4.69) is 167 Å². The van der Waals surface area contributed by atoms with Crippen molar-refractivity contribution in [1.29, 1.82) is 0 Å². The monoisotopic (exact) mass is 1120 g/mol. The normalized spacial score (nSPS) is 13.1. The summed E-state index contributed by atoms with van der Waals surface area (Å²) in [5.41, 5.74) is 0. The quantitative estimate of drug-likeness (QED) is 0.0261. The van der Waals surface area contributed by atoms with Gasteiger partial charge in [0.2, 0.25) is 0 Å². The van der Waals surface area contributed by atoms with Crippen molar-refractivity contribution in [3.63, 3.8) is 0 Å². The molecule has 0 aromatic carbocycles. The maximum Gasteiger partial charge on any atom is 0.306 e. The van der Waals surface area contributed by atoms with E-state index in [1.54, 1.807) is 0 Å². The number of hydrogen-bond acceptors (Lipinski definition) is 6. The summed E-state index contributed by atoms with van der Waals surface area (Å²) in [7, 11) is 0. The second-order valence-corrected chi connectivity index (χ2v) is 21.6. The second-order valence-electron chi connectivity index (χ2n) is 21.6. The first-order chi connectivity index (χ1) is 40.0. The van der Waals surface area contributed by atoms with E-state index in [1.165, 1.54) is 103 Å². The lowest BCUT2D eigenvalue weighted by atomic mass is 10.0. The summed E-state index contributed by atoms with van der Waals surface area (Å²) in [4.78, 5) is 38.4. The van der Waals surface area contributed by atoms with Crippen LogP contribution in [0.3, 0.4) is 0 Å². The maximum absolute atomic E-state index is 12.9. The highest BCUT2D eigenvalue weighted by Crippen LogP contribution is 2.15. The summed E-state index contributed by atoms with van der Waals surface area (Å²) in [6.07, 6.45) is 97.2. The summed E-state index contributed by atoms with van der Waals surface area (Å²) in [5.74, 6) is -0.968. The fraction of sp³-hybridized carbons (Fsp3) is 0.640. The van der Waals surface area contributed by atoms with E-state index < -0.39 is 6.10 Å². The number of hydrogen-bond donors (Lipinski definition) is 0. The van der Waals surface area contributed by atoms with Gasteiger partial charge in [-0.15, -0.1) is 0 Å². The van der Waals surface area contributed by atoms with Crippen LogP contribution in [0.1, 0.15) is 290 Å².